The number of aromatic nitrogens is 4. The van der Waals surface area contributed by atoms with Crippen molar-refractivity contribution >= 4 is 22.6 Å². The maximum atomic E-state index is 12.2. The molecule has 0 atom stereocenters. The first-order chi connectivity index (χ1) is 11.3. The Morgan fingerprint density at radius 2 is 1.83 bits per heavy atom. The second-order valence-electron chi connectivity index (χ2n) is 4.92. The van der Waals surface area contributed by atoms with E-state index >= 15 is 0 Å². The number of rotatable bonds is 3. The van der Waals surface area contributed by atoms with Crippen molar-refractivity contribution in [3.05, 3.63) is 60.4 Å². The van der Waals surface area contributed by atoms with Gasteiger partial charge in [-0.1, -0.05) is 35.5 Å². The Hall–Kier alpha value is -3.48. The molecule has 0 saturated heterocycles. The summed E-state index contributed by atoms with van der Waals surface area (Å²) in [4.78, 5) is 12.2. The van der Waals surface area contributed by atoms with Crippen molar-refractivity contribution < 1.29 is 9.32 Å². The number of anilines is 1. The molecule has 0 aliphatic rings. The Morgan fingerprint density at radius 1 is 1.00 bits per heavy atom. The molecular weight excluding hydrogens is 294 g/mol. The zero-order chi connectivity index (χ0) is 15.6. The maximum Gasteiger partial charge on any atom is 0.294 e. The molecule has 2 aromatic carbocycles. The zero-order valence-electron chi connectivity index (χ0n) is 11.9. The molecule has 112 valence electrons. The van der Waals surface area contributed by atoms with Crippen molar-refractivity contribution in [3.63, 3.8) is 0 Å². The Labute approximate surface area is 130 Å². The number of nitrogens with one attached hydrogen (secondary N) is 2. The largest absolute Gasteiger partial charge is 0.350 e. The van der Waals surface area contributed by atoms with Crippen LogP contribution in [0.5, 0.6) is 0 Å². The molecule has 2 N–H and O–H groups in total. The minimum Gasteiger partial charge on any atom is -0.350 e. The third-order valence-electron chi connectivity index (χ3n) is 3.38. The van der Waals surface area contributed by atoms with Crippen molar-refractivity contribution in [2.24, 2.45) is 0 Å². The zero-order valence-corrected chi connectivity index (χ0v) is 11.9. The molecule has 0 aliphatic heterocycles. The van der Waals surface area contributed by atoms with Crippen molar-refractivity contribution in [3.8, 4) is 11.3 Å². The van der Waals surface area contributed by atoms with Gasteiger partial charge in [0.1, 0.15) is 16.7 Å². The normalized spacial score (nSPS) is 10.8. The summed E-state index contributed by atoms with van der Waals surface area (Å²) in [7, 11) is 0. The number of hydrogen-bond acceptors (Lipinski definition) is 5. The molecule has 0 radical (unpaired) electrons. The number of fused-ring (bicyclic) bond motifs is 1. The second kappa shape index (κ2) is 5.38. The fourth-order valence-electron chi connectivity index (χ4n) is 2.24. The highest BCUT2D eigenvalue weighted by molar-refractivity contribution is 6.03. The lowest BCUT2D eigenvalue weighted by molar-refractivity contribution is 0.0988. The molecule has 7 heteroatoms. The number of carbonyl (C=O) groups is 1. The predicted octanol–water partition coefficient (Wildman–Crippen LogP) is 2.87. The van der Waals surface area contributed by atoms with Gasteiger partial charge in [-0.05, 0) is 18.2 Å². The lowest BCUT2D eigenvalue weighted by atomic mass is 10.1. The SMILES string of the molecule is O=C(Nc1ccc2n[nH]nc2c1)c1cc(-c2ccccc2)no1. The number of H-pyrrole nitrogens is 1. The van der Waals surface area contributed by atoms with Crippen LogP contribution >= 0.6 is 0 Å². The van der Waals surface area contributed by atoms with E-state index in [-0.39, 0.29) is 11.7 Å². The van der Waals surface area contributed by atoms with Crippen LogP contribution in [0.15, 0.2) is 59.1 Å². The second-order valence-corrected chi connectivity index (χ2v) is 4.92. The Kier molecular flexibility index (Phi) is 3.09. The van der Waals surface area contributed by atoms with E-state index in [0.29, 0.717) is 16.9 Å². The van der Waals surface area contributed by atoms with E-state index in [0.717, 1.165) is 11.1 Å². The van der Waals surface area contributed by atoms with E-state index in [2.05, 4.69) is 25.9 Å². The van der Waals surface area contributed by atoms with E-state index in [4.69, 9.17) is 4.52 Å². The Balaban J connectivity index is 1.56. The van der Waals surface area contributed by atoms with E-state index in [1.54, 1.807) is 24.3 Å². The molecule has 4 rings (SSSR count). The van der Waals surface area contributed by atoms with Gasteiger partial charge in [-0.3, -0.25) is 4.79 Å². The van der Waals surface area contributed by atoms with Crippen LogP contribution in [0.4, 0.5) is 5.69 Å². The minimum absolute atomic E-state index is 0.143. The molecule has 0 spiro atoms. The minimum atomic E-state index is -0.373. The van der Waals surface area contributed by atoms with Crippen molar-refractivity contribution in [1.29, 1.82) is 0 Å². The molecule has 2 aromatic heterocycles. The van der Waals surface area contributed by atoms with E-state index < -0.39 is 0 Å². The van der Waals surface area contributed by atoms with Gasteiger partial charge >= 0.3 is 0 Å². The molecular formula is C16H11N5O2. The van der Waals surface area contributed by atoms with Gasteiger partial charge in [0.05, 0.1) is 0 Å². The average molecular weight is 305 g/mol. The molecule has 2 heterocycles. The van der Waals surface area contributed by atoms with Crippen LogP contribution in [0.25, 0.3) is 22.3 Å². The maximum absolute atomic E-state index is 12.2. The summed E-state index contributed by atoms with van der Waals surface area (Å²) in [5.41, 5.74) is 3.51. The quantitative estimate of drug-likeness (QED) is 0.606. The first kappa shape index (κ1) is 13.2. The molecule has 0 saturated carbocycles. The number of aromatic amines is 1. The first-order valence-corrected chi connectivity index (χ1v) is 6.93. The number of carbonyl (C=O) groups excluding carboxylic acids is 1. The molecule has 7 nitrogen and oxygen atoms in total. The van der Waals surface area contributed by atoms with Crippen LogP contribution in [-0.2, 0) is 0 Å². The summed E-state index contributed by atoms with van der Waals surface area (Å²) in [6, 6.07) is 16.4. The van der Waals surface area contributed by atoms with Gasteiger partial charge in [-0.25, -0.2) is 0 Å². The number of nitrogens with zero attached hydrogens (tertiary/aromatic N) is 3. The summed E-state index contributed by atoms with van der Waals surface area (Å²) in [5.74, 6) is -0.230. The van der Waals surface area contributed by atoms with Crippen molar-refractivity contribution in [2.45, 2.75) is 0 Å². The third-order valence-corrected chi connectivity index (χ3v) is 3.38. The van der Waals surface area contributed by atoms with Crippen LogP contribution < -0.4 is 5.32 Å². The number of hydrogen-bond donors (Lipinski definition) is 2. The van der Waals surface area contributed by atoms with Crippen LogP contribution in [0.2, 0.25) is 0 Å². The van der Waals surface area contributed by atoms with Gasteiger partial charge < -0.3 is 9.84 Å². The van der Waals surface area contributed by atoms with Crippen LogP contribution in [0, 0.1) is 0 Å². The standard InChI is InChI=1S/C16H11N5O2/c22-16(17-11-6-7-12-14(8-11)19-21-18-12)15-9-13(20-23-15)10-4-2-1-3-5-10/h1-9H,(H,17,22)(H,18,19,21). The molecule has 4 aromatic rings. The van der Waals surface area contributed by atoms with Crippen molar-refractivity contribution in [1.82, 2.24) is 20.6 Å². The highest BCUT2D eigenvalue weighted by atomic mass is 16.5. The van der Waals surface area contributed by atoms with E-state index in [1.807, 2.05) is 30.3 Å². The fraction of sp³-hybridized carbons (Fsp3) is 0. The van der Waals surface area contributed by atoms with Crippen molar-refractivity contribution in [2.75, 3.05) is 5.32 Å². The fourth-order valence-corrected chi connectivity index (χ4v) is 2.24. The third kappa shape index (κ3) is 2.55. The molecule has 1 amide bonds. The first-order valence-electron chi connectivity index (χ1n) is 6.93. The number of benzene rings is 2. The monoisotopic (exact) mass is 305 g/mol. The highest BCUT2D eigenvalue weighted by Crippen LogP contribution is 2.20. The highest BCUT2D eigenvalue weighted by Gasteiger charge is 2.14. The molecule has 23 heavy (non-hydrogen) atoms. The topological polar surface area (TPSA) is 96.7 Å². The molecule has 0 aliphatic carbocycles. The van der Waals surface area contributed by atoms with Gasteiger partial charge in [-0.2, -0.15) is 15.4 Å². The van der Waals surface area contributed by atoms with Gasteiger partial charge in [0.15, 0.2) is 0 Å². The average Bonchev–Trinajstić information content (AvgIpc) is 3.24. The van der Waals surface area contributed by atoms with Gasteiger partial charge in [-0.15, -0.1) is 0 Å². The van der Waals surface area contributed by atoms with Gasteiger partial charge in [0, 0.05) is 17.3 Å². The van der Waals surface area contributed by atoms with Crippen LogP contribution in [0.1, 0.15) is 10.6 Å². The van der Waals surface area contributed by atoms with Crippen LogP contribution in [-0.4, -0.2) is 26.5 Å². The summed E-state index contributed by atoms with van der Waals surface area (Å²) in [6.45, 7) is 0. The lowest BCUT2D eigenvalue weighted by Crippen LogP contribution is -2.10. The molecule has 0 bridgehead atoms. The molecule has 0 unspecified atom stereocenters. The summed E-state index contributed by atoms with van der Waals surface area (Å²) in [5, 5.41) is 17.1. The summed E-state index contributed by atoms with van der Waals surface area (Å²) >= 11 is 0. The van der Waals surface area contributed by atoms with Gasteiger partial charge in [0.2, 0.25) is 5.76 Å². The van der Waals surface area contributed by atoms with E-state index in [9.17, 15) is 4.79 Å². The van der Waals surface area contributed by atoms with Crippen LogP contribution in [0.3, 0.4) is 0 Å². The Morgan fingerprint density at radius 3 is 2.70 bits per heavy atom. The summed E-state index contributed by atoms with van der Waals surface area (Å²) < 4.78 is 5.13. The predicted molar refractivity (Wildman–Crippen MR) is 83.8 cm³/mol. The lowest BCUT2D eigenvalue weighted by Gasteiger charge is -2.01. The summed E-state index contributed by atoms with van der Waals surface area (Å²) in [6.07, 6.45) is 0. The van der Waals surface area contributed by atoms with E-state index in [1.165, 1.54) is 0 Å². The Bertz CT molecular complexity index is 974. The number of amides is 1. The molecule has 0 fully saturated rings. The smallest absolute Gasteiger partial charge is 0.294 e. The van der Waals surface area contributed by atoms with Gasteiger partial charge in [0.25, 0.3) is 5.91 Å².